The van der Waals surface area contributed by atoms with Gasteiger partial charge in [0.15, 0.2) is 0 Å². The molecule has 0 aromatic rings. The number of nitrogens with one attached hydrogen (secondary N) is 1. The van der Waals surface area contributed by atoms with Gasteiger partial charge in [-0.25, -0.2) is 0 Å². The minimum atomic E-state index is -0.732. The molecule has 0 radical (unpaired) electrons. The van der Waals surface area contributed by atoms with E-state index in [4.69, 9.17) is 4.74 Å². The lowest BCUT2D eigenvalue weighted by atomic mass is 9.68. The Morgan fingerprint density at radius 2 is 1.90 bits per heavy atom. The Bertz CT molecular complexity index is 660. The van der Waals surface area contributed by atoms with Gasteiger partial charge >= 0.3 is 5.97 Å². The Morgan fingerprint density at radius 1 is 1.19 bits per heavy atom. The predicted molar refractivity (Wildman–Crippen MR) is 119 cm³/mol. The highest BCUT2D eigenvalue weighted by Crippen LogP contribution is 2.46. The van der Waals surface area contributed by atoms with E-state index < -0.39 is 29.8 Å². The molecule has 7 atom stereocenters. The number of carbonyl (C=O) groups excluding carboxylic acids is 3. The van der Waals surface area contributed by atoms with Crippen LogP contribution in [0, 0.1) is 23.7 Å². The zero-order valence-electron chi connectivity index (χ0n) is 19.7. The number of carbonyl (C=O) groups is 3. The van der Waals surface area contributed by atoms with E-state index in [1.54, 1.807) is 11.8 Å². The van der Waals surface area contributed by atoms with Crippen molar-refractivity contribution in [2.24, 2.45) is 23.7 Å². The van der Waals surface area contributed by atoms with E-state index in [0.717, 1.165) is 25.7 Å². The van der Waals surface area contributed by atoms with Gasteiger partial charge in [-0.1, -0.05) is 45.8 Å². The molecule has 0 aromatic heterocycles. The van der Waals surface area contributed by atoms with Crippen LogP contribution in [0.25, 0.3) is 0 Å². The molecule has 1 saturated heterocycles. The molecule has 1 heterocycles. The zero-order chi connectivity index (χ0) is 23.1. The molecule has 1 unspecified atom stereocenters. The number of rotatable bonds is 11. The van der Waals surface area contributed by atoms with Gasteiger partial charge in [0.05, 0.1) is 31.1 Å². The Hall–Kier alpha value is -1.89. The lowest BCUT2D eigenvalue weighted by molar-refractivity contribution is -0.156. The van der Waals surface area contributed by atoms with Crippen LogP contribution in [0.15, 0.2) is 12.2 Å². The average molecular weight is 437 g/mol. The first-order chi connectivity index (χ1) is 14.9. The van der Waals surface area contributed by atoms with Gasteiger partial charge in [-0.05, 0) is 39.0 Å². The summed E-state index contributed by atoms with van der Waals surface area (Å²) in [7, 11) is 0. The van der Waals surface area contributed by atoms with Crippen molar-refractivity contribution in [2.45, 2.75) is 84.8 Å². The summed E-state index contributed by atoms with van der Waals surface area (Å²) in [6, 6.07) is -1.20. The number of hydrogen-bond donors (Lipinski definition) is 2. The van der Waals surface area contributed by atoms with E-state index in [-0.39, 0.29) is 43.0 Å². The lowest BCUT2D eigenvalue weighted by Crippen LogP contribution is -2.53. The Kier molecular flexibility index (Phi) is 9.54. The number of aliphatic hydroxyl groups is 1. The van der Waals surface area contributed by atoms with Gasteiger partial charge in [-0.2, -0.15) is 0 Å². The van der Waals surface area contributed by atoms with Gasteiger partial charge in [0.1, 0.15) is 6.04 Å². The van der Waals surface area contributed by atoms with Crippen LogP contribution in [-0.2, 0) is 19.1 Å². The molecule has 2 rings (SSSR count). The maximum atomic E-state index is 13.7. The molecule has 2 aliphatic rings. The first-order valence-electron chi connectivity index (χ1n) is 11.9. The third-order valence-electron chi connectivity index (χ3n) is 6.68. The molecule has 0 aromatic carbocycles. The number of allylic oxidation sites excluding steroid dienone is 1. The van der Waals surface area contributed by atoms with E-state index in [9.17, 15) is 19.5 Å². The number of fused-ring (bicyclic) bond motifs is 1. The van der Waals surface area contributed by atoms with Crippen LogP contribution in [0.5, 0.6) is 0 Å². The molecule has 0 saturated carbocycles. The molecule has 1 aliphatic heterocycles. The second-order valence-corrected chi connectivity index (χ2v) is 8.85. The molecule has 1 aliphatic carbocycles. The van der Waals surface area contributed by atoms with Gasteiger partial charge in [0.2, 0.25) is 11.8 Å². The highest BCUT2D eigenvalue weighted by atomic mass is 16.5. The molecular formula is C24H40N2O5. The number of likely N-dealkylation sites (tertiary alicyclic amines) is 1. The first kappa shape index (κ1) is 25.4. The van der Waals surface area contributed by atoms with Crippen LogP contribution in [0.2, 0.25) is 0 Å². The van der Waals surface area contributed by atoms with Gasteiger partial charge in [0, 0.05) is 12.0 Å². The largest absolute Gasteiger partial charge is 0.466 e. The molecule has 2 amide bonds. The van der Waals surface area contributed by atoms with Crippen molar-refractivity contribution in [1.29, 1.82) is 0 Å². The molecular weight excluding hydrogens is 396 g/mol. The number of hydrogen-bond acceptors (Lipinski definition) is 5. The normalized spacial score (nSPS) is 29.4. The average Bonchev–Trinajstić information content (AvgIpc) is 3.02. The van der Waals surface area contributed by atoms with Gasteiger partial charge in [-0.15, -0.1) is 0 Å². The quantitative estimate of drug-likeness (QED) is 0.383. The van der Waals surface area contributed by atoms with Gasteiger partial charge in [-0.3, -0.25) is 14.4 Å². The highest BCUT2D eigenvalue weighted by Gasteiger charge is 2.58. The molecule has 2 N–H and O–H groups in total. The number of amides is 2. The number of aliphatic hydroxyl groups excluding tert-OH is 1. The van der Waals surface area contributed by atoms with Crippen LogP contribution >= 0.6 is 0 Å². The molecule has 1 fully saturated rings. The van der Waals surface area contributed by atoms with Crippen LogP contribution in [0.4, 0.5) is 0 Å². The Morgan fingerprint density at radius 3 is 2.45 bits per heavy atom. The summed E-state index contributed by atoms with van der Waals surface area (Å²) >= 11 is 0. The van der Waals surface area contributed by atoms with Gasteiger partial charge in [0.25, 0.3) is 0 Å². The summed E-state index contributed by atoms with van der Waals surface area (Å²) in [5, 5.41) is 13.0. The van der Waals surface area contributed by atoms with Crippen molar-refractivity contribution in [3.05, 3.63) is 12.2 Å². The van der Waals surface area contributed by atoms with Crippen molar-refractivity contribution in [3.8, 4) is 0 Å². The smallest absolute Gasteiger partial charge is 0.310 e. The standard InChI is InChI=1S/C24H40N2O5/c1-6-10-15(5)25-22(28)21-18-13-12-16(11-7-2)19(24(30)31-9-4)20(18)23(29)26(21)17(8-3)14-27/h12-13,15-21,27H,6-11,14H2,1-5H3,(H,25,28)/t15?,16-,17+,18+,19-,20+,21+/m1/s1. The third kappa shape index (κ3) is 5.30. The van der Waals surface area contributed by atoms with Crippen molar-refractivity contribution < 1.29 is 24.2 Å². The fourth-order valence-corrected chi connectivity index (χ4v) is 5.26. The summed E-state index contributed by atoms with van der Waals surface area (Å²) < 4.78 is 5.36. The SMILES string of the molecule is CCCC(C)NC(=O)[C@@H]1[C@H]2C=C[C@@H](CCC)[C@@H](C(=O)OCC)[C@H]2C(=O)N1[C@@H](CC)CO. The fraction of sp³-hybridized carbons (Fsp3) is 0.792. The lowest BCUT2D eigenvalue weighted by Gasteiger charge is -2.34. The van der Waals surface area contributed by atoms with E-state index in [1.807, 2.05) is 26.0 Å². The zero-order valence-corrected chi connectivity index (χ0v) is 19.7. The minimum Gasteiger partial charge on any atom is -0.466 e. The van der Waals surface area contributed by atoms with Crippen molar-refractivity contribution in [1.82, 2.24) is 10.2 Å². The molecule has 7 heteroatoms. The number of nitrogens with zero attached hydrogens (tertiary/aromatic N) is 1. The third-order valence-corrected chi connectivity index (χ3v) is 6.68. The molecule has 176 valence electrons. The monoisotopic (exact) mass is 436 g/mol. The number of esters is 1. The van der Waals surface area contributed by atoms with Crippen molar-refractivity contribution in [3.63, 3.8) is 0 Å². The van der Waals surface area contributed by atoms with Crippen molar-refractivity contribution >= 4 is 17.8 Å². The van der Waals surface area contributed by atoms with Crippen LogP contribution in [0.1, 0.15) is 66.7 Å². The topological polar surface area (TPSA) is 95.9 Å². The summed E-state index contributed by atoms with van der Waals surface area (Å²) in [6.07, 6.45) is 7.93. The van der Waals surface area contributed by atoms with Crippen LogP contribution in [0.3, 0.4) is 0 Å². The molecule has 7 nitrogen and oxygen atoms in total. The van der Waals surface area contributed by atoms with E-state index >= 15 is 0 Å². The number of ether oxygens (including phenoxy) is 1. The fourth-order valence-electron chi connectivity index (χ4n) is 5.26. The highest BCUT2D eigenvalue weighted by molar-refractivity contribution is 5.96. The van der Waals surface area contributed by atoms with E-state index in [0.29, 0.717) is 6.42 Å². The predicted octanol–water partition coefficient (Wildman–Crippen LogP) is 2.67. The Labute approximate surface area is 186 Å². The van der Waals surface area contributed by atoms with E-state index in [1.165, 1.54) is 0 Å². The molecule has 0 bridgehead atoms. The molecule has 31 heavy (non-hydrogen) atoms. The summed E-state index contributed by atoms with van der Waals surface area (Å²) in [4.78, 5) is 41.5. The van der Waals surface area contributed by atoms with Crippen LogP contribution < -0.4 is 5.32 Å². The van der Waals surface area contributed by atoms with Gasteiger partial charge < -0.3 is 20.1 Å². The minimum absolute atomic E-state index is 0.0102. The summed E-state index contributed by atoms with van der Waals surface area (Å²) in [5.41, 5.74) is 0. The maximum absolute atomic E-state index is 13.7. The summed E-state index contributed by atoms with van der Waals surface area (Å²) in [5.74, 6) is -2.56. The summed E-state index contributed by atoms with van der Waals surface area (Å²) in [6.45, 7) is 9.75. The van der Waals surface area contributed by atoms with Crippen LogP contribution in [-0.4, -0.2) is 59.1 Å². The van der Waals surface area contributed by atoms with E-state index in [2.05, 4.69) is 19.2 Å². The second-order valence-electron chi connectivity index (χ2n) is 8.85. The maximum Gasteiger partial charge on any atom is 0.310 e. The van der Waals surface area contributed by atoms with Crippen molar-refractivity contribution in [2.75, 3.05) is 13.2 Å². The molecule has 0 spiro atoms. The first-order valence-corrected chi connectivity index (χ1v) is 11.9. The Balaban J connectivity index is 2.48. The second kappa shape index (κ2) is 11.7.